The molecule has 0 radical (unpaired) electrons. The SMILES string of the molecule is O=C(O)Cn1cc(Cl)c2ccc(F)cc21. The standard InChI is InChI=1S/C10H7ClFNO2/c11-8-4-13(5-10(14)15)9-3-6(12)1-2-7(8)9/h1-4H,5H2,(H,14,15). The molecule has 1 N–H and O–H groups in total. The number of nitrogens with zero attached hydrogens (tertiary/aromatic N) is 1. The molecule has 0 bridgehead atoms. The molecule has 1 aromatic carbocycles. The summed E-state index contributed by atoms with van der Waals surface area (Å²) in [5.41, 5.74) is 0.488. The normalized spacial score (nSPS) is 10.8. The van der Waals surface area contributed by atoms with E-state index in [-0.39, 0.29) is 6.54 Å². The fraction of sp³-hybridized carbons (Fsp3) is 0.100. The van der Waals surface area contributed by atoms with Gasteiger partial charge in [0.15, 0.2) is 0 Å². The molecule has 1 aromatic heterocycles. The fourth-order valence-electron chi connectivity index (χ4n) is 1.50. The van der Waals surface area contributed by atoms with Crippen LogP contribution >= 0.6 is 11.6 Å². The van der Waals surface area contributed by atoms with E-state index in [2.05, 4.69) is 0 Å². The van der Waals surface area contributed by atoms with Crippen LogP contribution in [0.5, 0.6) is 0 Å². The van der Waals surface area contributed by atoms with Crippen molar-refractivity contribution in [3.63, 3.8) is 0 Å². The summed E-state index contributed by atoms with van der Waals surface area (Å²) in [4.78, 5) is 10.5. The lowest BCUT2D eigenvalue weighted by Gasteiger charge is -2.00. The second-order valence-electron chi connectivity index (χ2n) is 3.16. The molecule has 2 rings (SSSR count). The first-order valence-corrected chi connectivity index (χ1v) is 4.61. The van der Waals surface area contributed by atoms with Crippen LogP contribution in [-0.4, -0.2) is 15.6 Å². The summed E-state index contributed by atoms with van der Waals surface area (Å²) in [7, 11) is 0. The van der Waals surface area contributed by atoms with Gasteiger partial charge in [0.05, 0.1) is 10.5 Å². The summed E-state index contributed by atoms with van der Waals surface area (Å²) in [5, 5.41) is 9.72. The highest BCUT2D eigenvalue weighted by molar-refractivity contribution is 6.35. The maximum atomic E-state index is 13.0. The van der Waals surface area contributed by atoms with Crippen molar-refractivity contribution >= 4 is 28.5 Å². The molecule has 0 unspecified atom stereocenters. The highest BCUT2D eigenvalue weighted by Gasteiger charge is 2.09. The van der Waals surface area contributed by atoms with E-state index < -0.39 is 11.8 Å². The Balaban J connectivity index is 2.64. The molecule has 0 atom stereocenters. The van der Waals surface area contributed by atoms with Gasteiger partial charge >= 0.3 is 5.97 Å². The monoisotopic (exact) mass is 227 g/mol. The van der Waals surface area contributed by atoms with Crippen molar-refractivity contribution < 1.29 is 14.3 Å². The molecule has 0 saturated heterocycles. The third-order valence-electron chi connectivity index (χ3n) is 2.10. The number of carboxylic acid groups (broad SMARTS) is 1. The molecule has 3 nitrogen and oxygen atoms in total. The van der Waals surface area contributed by atoms with Crippen molar-refractivity contribution in [2.24, 2.45) is 0 Å². The van der Waals surface area contributed by atoms with E-state index in [0.717, 1.165) is 0 Å². The number of benzene rings is 1. The van der Waals surface area contributed by atoms with Crippen molar-refractivity contribution in [3.8, 4) is 0 Å². The number of halogens is 2. The van der Waals surface area contributed by atoms with E-state index in [1.807, 2.05) is 0 Å². The van der Waals surface area contributed by atoms with Crippen LogP contribution in [0.3, 0.4) is 0 Å². The maximum Gasteiger partial charge on any atom is 0.323 e. The van der Waals surface area contributed by atoms with Crippen molar-refractivity contribution in [2.45, 2.75) is 6.54 Å². The van der Waals surface area contributed by atoms with Crippen LogP contribution < -0.4 is 0 Å². The van der Waals surface area contributed by atoms with E-state index in [0.29, 0.717) is 15.9 Å². The molecular formula is C10H7ClFNO2. The second-order valence-corrected chi connectivity index (χ2v) is 3.57. The predicted octanol–water partition coefficient (Wildman–Crippen LogP) is 2.52. The second kappa shape index (κ2) is 3.55. The van der Waals surface area contributed by atoms with Crippen LogP contribution in [0.4, 0.5) is 4.39 Å². The molecule has 0 aliphatic heterocycles. The Morgan fingerprint density at radius 2 is 2.27 bits per heavy atom. The largest absolute Gasteiger partial charge is 0.480 e. The zero-order valence-electron chi connectivity index (χ0n) is 7.58. The van der Waals surface area contributed by atoms with Gasteiger partial charge in [-0.2, -0.15) is 0 Å². The highest BCUT2D eigenvalue weighted by Crippen LogP contribution is 2.26. The van der Waals surface area contributed by atoms with E-state index in [4.69, 9.17) is 16.7 Å². The zero-order valence-corrected chi connectivity index (χ0v) is 8.33. The van der Waals surface area contributed by atoms with Gasteiger partial charge in [-0.3, -0.25) is 4.79 Å². The summed E-state index contributed by atoms with van der Waals surface area (Å²) in [6, 6.07) is 4.09. The van der Waals surface area contributed by atoms with Crippen LogP contribution in [0.25, 0.3) is 10.9 Å². The van der Waals surface area contributed by atoms with Crippen molar-refractivity contribution in [3.05, 3.63) is 35.2 Å². The summed E-state index contributed by atoms with van der Waals surface area (Å²) in [5.74, 6) is -1.41. The Hall–Kier alpha value is -1.55. The molecule has 0 aliphatic carbocycles. The van der Waals surface area contributed by atoms with Gasteiger partial charge in [-0.05, 0) is 18.2 Å². The van der Waals surface area contributed by atoms with Gasteiger partial charge in [0.2, 0.25) is 0 Å². The Labute approximate surface area is 89.7 Å². The third kappa shape index (κ3) is 1.80. The van der Waals surface area contributed by atoms with E-state index in [1.54, 1.807) is 0 Å². The first-order chi connectivity index (χ1) is 7.08. The Kier molecular flexibility index (Phi) is 2.36. The van der Waals surface area contributed by atoms with Crippen LogP contribution in [0.2, 0.25) is 5.02 Å². The molecule has 0 fully saturated rings. The number of hydrogen-bond acceptors (Lipinski definition) is 1. The molecular weight excluding hydrogens is 221 g/mol. The van der Waals surface area contributed by atoms with Gasteiger partial charge in [-0.15, -0.1) is 0 Å². The minimum absolute atomic E-state index is 0.229. The van der Waals surface area contributed by atoms with Gasteiger partial charge in [-0.25, -0.2) is 4.39 Å². The summed E-state index contributed by atoms with van der Waals surface area (Å²) in [6.45, 7) is -0.229. The average Bonchev–Trinajstić information content (AvgIpc) is 2.42. The predicted molar refractivity (Wildman–Crippen MR) is 54.5 cm³/mol. The van der Waals surface area contributed by atoms with Crippen molar-refractivity contribution in [1.82, 2.24) is 4.57 Å². The number of carboxylic acids is 1. The highest BCUT2D eigenvalue weighted by atomic mass is 35.5. The maximum absolute atomic E-state index is 13.0. The number of hydrogen-bond donors (Lipinski definition) is 1. The molecule has 1 heterocycles. The third-order valence-corrected chi connectivity index (χ3v) is 2.40. The number of carbonyl (C=O) groups is 1. The minimum atomic E-state index is -0.993. The first-order valence-electron chi connectivity index (χ1n) is 4.23. The van der Waals surface area contributed by atoms with Crippen molar-refractivity contribution in [2.75, 3.05) is 0 Å². The van der Waals surface area contributed by atoms with Gasteiger partial charge in [0.25, 0.3) is 0 Å². The Morgan fingerprint density at radius 3 is 2.93 bits per heavy atom. The smallest absolute Gasteiger partial charge is 0.323 e. The summed E-state index contributed by atoms with van der Waals surface area (Å²) >= 11 is 5.88. The van der Waals surface area contributed by atoms with Crippen LogP contribution in [0, 0.1) is 5.82 Å². The molecule has 2 aromatic rings. The number of aromatic nitrogens is 1. The molecule has 0 saturated carbocycles. The topological polar surface area (TPSA) is 42.2 Å². The molecule has 0 aliphatic rings. The van der Waals surface area contributed by atoms with Gasteiger partial charge in [0, 0.05) is 11.6 Å². The zero-order chi connectivity index (χ0) is 11.0. The summed E-state index contributed by atoms with van der Waals surface area (Å²) in [6.07, 6.45) is 1.49. The van der Waals surface area contributed by atoms with Gasteiger partial charge < -0.3 is 9.67 Å². The van der Waals surface area contributed by atoms with E-state index >= 15 is 0 Å². The fourth-order valence-corrected chi connectivity index (χ4v) is 1.77. The lowest BCUT2D eigenvalue weighted by Crippen LogP contribution is -2.07. The van der Waals surface area contributed by atoms with Crippen LogP contribution in [0.1, 0.15) is 0 Å². The van der Waals surface area contributed by atoms with Gasteiger partial charge in [-0.1, -0.05) is 11.6 Å². The number of aliphatic carboxylic acids is 1. The number of fused-ring (bicyclic) bond motifs is 1. The molecule has 0 amide bonds. The lowest BCUT2D eigenvalue weighted by molar-refractivity contribution is -0.137. The Bertz CT molecular complexity index is 535. The quantitative estimate of drug-likeness (QED) is 0.857. The van der Waals surface area contributed by atoms with E-state index in [9.17, 15) is 9.18 Å². The summed E-state index contributed by atoms with van der Waals surface area (Å²) < 4.78 is 14.4. The lowest BCUT2D eigenvalue weighted by atomic mass is 10.2. The molecule has 5 heteroatoms. The van der Waals surface area contributed by atoms with Crippen LogP contribution in [-0.2, 0) is 11.3 Å². The minimum Gasteiger partial charge on any atom is -0.480 e. The number of rotatable bonds is 2. The Morgan fingerprint density at radius 1 is 1.53 bits per heavy atom. The average molecular weight is 228 g/mol. The molecule has 78 valence electrons. The first kappa shape index (κ1) is 9.98. The van der Waals surface area contributed by atoms with Crippen molar-refractivity contribution in [1.29, 1.82) is 0 Å². The molecule has 0 spiro atoms. The molecule has 15 heavy (non-hydrogen) atoms. The van der Waals surface area contributed by atoms with Crippen LogP contribution in [0.15, 0.2) is 24.4 Å². The van der Waals surface area contributed by atoms with E-state index in [1.165, 1.54) is 29.0 Å². The van der Waals surface area contributed by atoms with Gasteiger partial charge in [0.1, 0.15) is 12.4 Å².